The Morgan fingerprint density at radius 1 is 1.12 bits per heavy atom. The maximum absolute atomic E-state index is 9.86. The minimum Gasteiger partial charge on any atom is -0.355 e. The summed E-state index contributed by atoms with van der Waals surface area (Å²) < 4.78 is 0. The van der Waals surface area contributed by atoms with E-state index in [9.17, 15) is 5.26 Å². The second-order valence-electron chi connectivity index (χ2n) is 6.64. The molecule has 2 aromatic rings. The molecule has 130 valence electrons. The highest BCUT2D eigenvalue weighted by atomic mass is 32.2. The molecule has 0 spiro atoms. The Bertz CT molecular complexity index is 774. The van der Waals surface area contributed by atoms with E-state index in [0.717, 1.165) is 17.1 Å². The van der Waals surface area contributed by atoms with Crippen LogP contribution in [0.3, 0.4) is 0 Å². The van der Waals surface area contributed by atoms with Gasteiger partial charge in [0.2, 0.25) is 0 Å². The third-order valence-corrected chi connectivity index (χ3v) is 5.49. The standard InChI is InChI=1S/C20H24N4S/c1-14-9-11-15(12-10-14)18-17(13-21)19(23-20(22-18)25-3)24(2)16-7-5-4-6-8-16/h9-12,16H,4-8H2,1-3H3. The van der Waals surface area contributed by atoms with Crippen LogP contribution in [0.4, 0.5) is 5.82 Å². The van der Waals surface area contributed by atoms with Crippen molar-refractivity contribution in [3.05, 3.63) is 35.4 Å². The Morgan fingerprint density at radius 3 is 2.40 bits per heavy atom. The molecule has 25 heavy (non-hydrogen) atoms. The first-order chi connectivity index (χ1) is 12.1. The number of hydrogen-bond donors (Lipinski definition) is 0. The van der Waals surface area contributed by atoms with E-state index in [1.54, 1.807) is 0 Å². The highest BCUT2D eigenvalue weighted by Gasteiger charge is 2.24. The molecular formula is C20H24N4S. The van der Waals surface area contributed by atoms with E-state index in [-0.39, 0.29) is 0 Å². The van der Waals surface area contributed by atoms with Crippen LogP contribution >= 0.6 is 11.8 Å². The smallest absolute Gasteiger partial charge is 0.189 e. The molecule has 0 amide bonds. The van der Waals surface area contributed by atoms with Gasteiger partial charge in [-0.1, -0.05) is 60.9 Å². The van der Waals surface area contributed by atoms with Crippen LogP contribution in [0.2, 0.25) is 0 Å². The fourth-order valence-corrected chi connectivity index (χ4v) is 3.80. The van der Waals surface area contributed by atoms with Crippen LogP contribution in [-0.2, 0) is 0 Å². The lowest BCUT2D eigenvalue weighted by Crippen LogP contribution is -2.34. The predicted octanol–water partition coefficient (Wildman–Crippen LogP) is 4.81. The molecule has 4 nitrogen and oxygen atoms in total. The molecule has 1 aromatic heterocycles. The predicted molar refractivity (Wildman–Crippen MR) is 104 cm³/mol. The van der Waals surface area contributed by atoms with Crippen LogP contribution in [-0.4, -0.2) is 29.3 Å². The van der Waals surface area contributed by atoms with E-state index >= 15 is 0 Å². The second-order valence-corrected chi connectivity index (χ2v) is 7.41. The van der Waals surface area contributed by atoms with Gasteiger partial charge in [0.15, 0.2) is 11.0 Å². The number of aryl methyl sites for hydroxylation is 1. The molecule has 1 aliphatic carbocycles. The number of aromatic nitrogens is 2. The van der Waals surface area contributed by atoms with Crippen molar-refractivity contribution in [2.24, 2.45) is 0 Å². The summed E-state index contributed by atoms with van der Waals surface area (Å²) in [6.45, 7) is 2.06. The molecule has 0 atom stereocenters. The number of rotatable bonds is 4. The van der Waals surface area contributed by atoms with Gasteiger partial charge in [-0.05, 0) is 26.0 Å². The van der Waals surface area contributed by atoms with E-state index in [4.69, 9.17) is 4.98 Å². The van der Waals surface area contributed by atoms with Gasteiger partial charge in [-0.2, -0.15) is 5.26 Å². The SMILES string of the molecule is CSc1nc(-c2ccc(C)cc2)c(C#N)c(N(C)C2CCCCC2)n1. The first-order valence-corrected chi connectivity index (χ1v) is 10.0. The summed E-state index contributed by atoms with van der Waals surface area (Å²) >= 11 is 1.52. The summed E-state index contributed by atoms with van der Waals surface area (Å²) in [5.74, 6) is 0.768. The number of benzene rings is 1. The van der Waals surface area contributed by atoms with Crippen molar-refractivity contribution < 1.29 is 0 Å². The van der Waals surface area contributed by atoms with Gasteiger partial charge in [-0.15, -0.1) is 0 Å². The van der Waals surface area contributed by atoms with E-state index in [0.29, 0.717) is 16.8 Å². The number of hydrogen-bond acceptors (Lipinski definition) is 5. The molecule has 1 saturated carbocycles. The average Bonchev–Trinajstić information content (AvgIpc) is 2.67. The Morgan fingerprint density at radius 2 is 1.80 bits per heavy atom. The lowest BCUT2D eigenvalue weighted by Gasteiger charge is -2.33. The average molecular weight is 353 g/mol. The normalized spacial score (nSPS) is 15.0. The summed E-state index contributed by atoms with van der Waals surface area (Å²) in [6.07, 6.45) is 8.12. The van der Waals surface area contributed by atoms with E-state index in [2.05, 4.69) is 42.1 Å². The van der Waals surface area contributed by atoms with Gasteiger partial charge in [-0.3, -0.25) is 0 Å². The molecule has 0 radical (unpaired) electrons. The van der Waals surface area contributed by atoms with E-state index in [1.807, 2.05) is 18.4 Å². The minimum absolute atomic E-state index is 0.455. The molecule has 0 saturated heterocycles. The van der Waals surface area contributed by atoms with Crippen LogP contribution < -0.4 is 4.90 Å². The molecule has 1 aliphatic rings. The molecule has 0 unspecified atom stereocenters. The molecule has 1 aromatic carbocycles. The van der Waals surface area contributed by atoms with E-state index in [1.165, 1.54) is 49.4 Å². The summed E-state index contributed by atoms with van der Waals surface area (Å²) in [6, 6.07) is 11.0. The van der Waals surface area contributed by atoms with Crippen LogP contribution in [0.5, 0.6) is 0 Å². The quantitative estimate of drug-likeness (QED) is 0.583. The van der Waals surface area contributed by atoms with Crippen molar-refractivity contribution in [1.29, 1.82) is 5.26 Å². The zero-order chi connectivity index (χ0) is 17.8. The summed E-state index contributed by atoms with van der Waals surface area (Å²) in [7, 11) is 2.07. The van der Waals surface area contributed by atoms with Crippen molar-refractivity contribution in [3.8, 4) is 17.3 Å². The van der Waals surface area contributed by atoms with Gasteiger partial charge < -0.3 is 4.90 Å². The van der Waals surface area contributed by atoms with Crippen LogP contribution in [0.25, 0.3) is 11.3 Å². The van der Waals surface area contributed by atoms with Crippen LogP contribution in [0.15, 0.2) is 29.4 Å². The summed E-state index contributed by atoms with van der Waals surface area (Å²) in [5, 5.41) is 10.6. The first-order valence-electron chi connectivity index (χ1n) is 8.80. The maximum atomic E-state index is 9.86. The zero-order valence-corrected chi connectivity index (χ0v) is 15.9. The Kier molecular flexibility index (Phi) is 5.60. The number of nitrogens with zero attached hydrogens (tertiary/aromatic N) is 4. The third kappa shape index (κ3) is 3.80. The minimum atomic E-state index is 0.455. The molecule has 5 heteroatoms. The van der Waals surface area contributed by atoms with E-state index < -0.39 is 0 Å². The molecular weight excluding hydrogens is 328 g/mol. The lowest BCUT2D eigenvalue weighted by molar-refractivity contribution is 0.425. The largest absolute Gasteiger partial charge is 0.355 e. The van der Waals surface area contributed by atoms with Crippen molar-refractivity contribution >= 4 is 17.6 Å². The van der Waals surface area contributed by atoms with Gasteiger partial charge in [0.05, 0.1) is 5.69 Å². The second kappa shape index (κ2) is 7.88. The third-order valence-electron chi connectivity index (χ3n) is 4.95. The fourth-order valence-electron chi connectivity index (χ4n) is 3.44. The monoisotopic (exact) mass is 352 g/mol. The maximum Gasteiger partial charge on any atom is 0.189 e. The Labute approximate surface area is 154 Å². The topological polar surface area (TPSA) is 52.8 Å². The van der Waals surface area contributed by atoms with Crippen molar-refractivity contribution in [3.63, 3.8) is 0 Å². The summed E-state index contributed by atoms with van der Waals surface area (Å²) in [5.41, 5.74) is 3.48. The van der Waals surface area contributed by atoms with Crippen molar-refractivity contribution in [2.75, 3.05) is 18.2 Å². The lowest BCUT2D eigenvalue weighted by atomic mass is 9.94. The van der Waals surface area contributed by atoms with Gasteiger partial charge in [-0.25, -0.2) is 9.97 Å². The van der Waals surface area contributed by atoms with Gasteiger partial charge in [0, 0.05) is 18.7 Å². The number of thioether (sulfide) groups is 1. The van der Waals surface area contributed by atoms with Gasteiger partial charge in [0.25, 0.3) is 0 Å². The van der Waals surface area contributed by atoms with Crippen LogP contribution in [0, 0.1) is 18.3 Å². The highest BCUT2D eigenvalue weighted by molar-refractivity contribution is 7.98. The molecule has 1 heterocycles. The molecule has 0 N–H and O–H groups in total. The van der Waals surface area contributed by atoms with Crippen molar-refractivity contribution in [2.45, 2.75) is 50.2 Å². The molecule has 0 bridgehead atoms. The van der Waals surface area contributed by atoms with Gasteiger partial charge in [0.1, 0.15) is 11.6 Å². The fraction of sp³-hybridized carbons (Fsp3) is 0.450. The molecule has 3 rings (SSSR count). The van der Waals surface area contributed by atoms with Gasteiger partial charge >= 0.3 is 0 Å². The molecule has 1 fully saturated rings. The molecule has 0 aliphatic heterocycles. The van der Waals surface area contributed by atoms with Crippen LogP contribution in [0.1, 0.15) is 43.2 Å². The number of anilines is 1. The number of nitriles is 1. The highest BCUT2D eigenvalue weighted by Crippen LogP contribution is 2.33. The van der Waals surface area contributed by atoms with Crippen molar-refractivity contribution in [1.82, 2.24) is 9.97 Å². The Hall–Kier alpha value is -2.06. The Balaban J connectivity index is 2.09. The first kappa shape index (κ1) is 17.8. The summed E-state index contributed by atoms with van der Waals surface area (Å²) in [4.78, 5) is 11.6. The zero-order valence-electron chi connectivity index (χ0n) is 15.1.